The largest absolute Gasteiger partial charge is 0.480 e. The topological polar surface area (TPSA) is 79.5 Å². The van der Waals surface area contributed by atoms with E-state index in [0.717, 1.165) is 0 Å². The number of nitrogens with zero attached hydrogens (tertiary/aromatic N) is 2. The smallest absolute Gasteiger partial charge is 0.317 e. The molecule has 94 valence electrons. The summed E-state index contributed by atoms with van der Waals surface area (Å²) in [5.74, 6) is -0.968. The lowest BCUT2D eigenvalue weighted by atomic mass is 10.1. The van der Waals surface area contributed by atoms with Crippen molar-refractivity contribution in [1.82, 2.24) is 9.88 Å². The number of carboxylic acid groups (broad SMARTS) is 1. The lowest BCUT2D eigenvalue weighted by Crippen LogP contribution is -2.17. The molecular weight excluding hydrogens is 218 g/mol. The van der Waals surface area contributed by atoms with Gasteiger partial charge < -0.3 is 10.8 Å². The highest BCUT2D eigenvalue weighted by Gasteiger charge is 2.21. The van der Waals surface area contributed by atoms with Crippen molar-refractivity contribution in [3.05, 3.63) is 30.1 Å². The van der Waals surface area contributed by atoms with Crippen LogP contribution in [0.5, 0.6) is 0 Å². The molecule has 1 aromatic rings. The summed E-state index contributed by atoms with van der Waals surface area (Å²) in [5.41, 5.74) is 5.93. The second-order valence-electron chi connectivity index (χ2n) is 4.02. The fourth-order valence-electron chi connectivity index (χ4n) is 1.90. The molecule has 0 amide bonds. The normalized spacial score (nSPS) is 19.5. The lowest BCUT2D eigenvalue weighted by Gasteiger charge is -2.18. The summed E-state index contributed by atoms with van der Waals surface area (Å²) in [6, 6.07) is 4.79. The van der Waals surface area contributed by atoms with Gasteiger partial charge >= 0.3 is 5.97 Å². The van der Waals surface area contributed by atoms with E-state index < -0.39 is 5.97 Å². The van der Waals surface area contributed by atoms with Gasteiger partial charge in [0.05, 0.1) is 6.54 Å². The number of hydrogen-bond acceptors (Lipinski definition) is 4. The number of nitrogens with two attached hydrogens (primary N) is 1. The number of carbonyl (C=O) groups is 1. The first-order valence-corrected chi connectivity index (χ1v) is 5.67. The summed E-state index contributed by atoms with van der Waals surface area (Å²) >= 11 is 0. The van der Waals surface area contributed by atoms with Crippen LogP contribution in [-0.2, 0) is 4.79 Å². The molecule has 17 heavy (non-hydrogen) atoms. The van der Waals surface area contributed by atoms with E-state index >= 15 is 0 Å². The number of aromatic nitrogens is 1. The second kappa shape index (κ2) is 6.98. The molecule has 3 N–H and O–H groups in total. The zero-order valence-electron chi connectivity index (χ0n) is 10.0. The van der Waals surface area contributed by atoms with Crippen LogP contribution in [-0.4, -0.2) is 41.1 Å². The van der Waals surface area contributed by atoms with Crippen molar-refractivity contribution in [2.24, 2.45) is 5.73 Å². The Labute approximate surface area is 101 Å². The number of hydrogen-bond donors (Lipinski definition) is 2. The van der Waals surface area contributed by atoms with Crippen LogP contribution in [0.25, 0.3) is 0 Å². The molecule has 0 spiro atoms. The predicted molar refractivity (Wildman–Crippen MR) is 65.5 cm³/mol. The van der Waals surface area contributed by atoms with Crippen LogP contribution in [0.4, 0.5) is 0 Å². The Morgan fingerprint density at radius 1 is 1.71 bits per heavy atom. The van der Waals surface area contributed by atoms with E-state index in [1.807, 2.05) is 18.5 Å². The highest BCUT2D eigenvalue weighted by molar-refractivity contribution is 5.68. The van der Waals surface area contributed by atoms with E-state index in [4.69, 9.17) is 5.11 Å². The minimum absolute atomic E-state index is 0.278. The maximum Gasteiger partial charge on any atom is 0.317 e. The minimum Gasteiger partial charge on any atom is -0.480 e. The summed E-state index contributed by atoms with van der Waals surface area (Å²) in [6.07, 6.45) is 6.41. The fourth-order valence-corrected chi connectivity index (χ4v) is 1.90. The first kappa shape index (κ1) is 13.6. The average Bonchev–Trinajstić information content (AvgIpc) is 2.77. The Bertz CT molecular complexity index is 343. The molecule has 1 fully saturated rings. The van der Waals surface area contributed by atoms with Crippen molar-refractivity contribution < 1.29 is 9.90 Å². The summed E-state index contributed by atoms with van der Waals surface area (Å²) < 4.78 is 0. The van der Waals surface area contributed by atoms with E-state index in [2.05, 4.69) is 28.7 Å². The second-order valence-corrected chi connectivity index (χ2v) is 4.02. The van der Waals surface area contributed by atoms with Gasteiger partial charge in [-0.1, -0.05) is 6.07 Å². The van der Waals surface area contributed by atoms with Gasteiger partial charge in [-0.05, 0) is 38.1 Å². The SMILES string of the molecule is CN1CCCC1c1cccnc1.NCC(=O)O. The third kappa shape index (κ3) is 4.50. The van der Waals surface area contributed by atoms with Crippen LogP contribution in [0.1, 0.15) is 24.4 Å². The van der Waals surface area contributed by atoms with Crippen LogP contribution in [0.3, 0.4) is 0 Å². The van der Waals surface area contributed by atoms with E-state index in [1.165, 1.54) is 24.9 Å². The molecule has 5 nitrogen and oxygen atoms in total. The molecule has 0 saturated carbocycles. The standard InChI is InChI=1S/C10H14N2.C2H5NO2/c1-12-7-3-5-10(12)9-4-2-6-11-8-9;3-1-2(4)5/h2,4,6,8,10H,3,5,7H2,1H3;1,3H2,(H,4,5). The highest BCUT2D eigenvalue weighted by Crippen LogP contribution is 2.29. The first-order chi connectivity index (χ1) is 8.15. The number of carboxylic acids is 1. The zero-order chi connectivity index (χ0) is 12.7. The van der Waals surface area contributed by atoms with Gasteiger partial charge in [0, 0.05) is 18.4 Å². The summed E-state index contributed by atoms with van der Waals surface area (Å²) in [4.78, 5) is 15.8. The number of rotatable bonds is 2. The Balaban J connectivity index is 0.000000249. The number of aliphatic carboxylic acids is 1. The fraction of sp³-hybridized carbons (Fsp3) is 0.500. The zero-order valence-corrected chi connectivity index (χ0v) is 10.0. The molecule has 0 aromatic carbocycles. The third-order valence-corrected chi connectivity index (χ3v) is 2.76. The summed E-state index contributed by atoms with van der Waals surface area (Å²) in [5, 5.41) is 7.60. The Kier molecular flexibility index (Phi) is 5.59. The molecule has 1 atom stereocenters. The number of pyridine rings is 1. The summed E-state index contributed by atoms with van der Waals surface area (Å²) in [7, 11) is 2.19. The predicted octanol–water partition coefficient (Wildman–Crippen LogP) is 0.878. The average molecular weight is 237 g/mol. The molecule has 5 heteroatoms. The molecule has 1 saturated heterocycles. The third-order valence-electron chi connectivity index (χ3n) is 2.76. The van der Waals surface area contributed by atoms with Crippen LogP contribution in [0.15, 0.2) is 24.5 Å². The van der Waals surface area contributed by atoms with Crippen molar-refractivity contribution in [2.75, 3.05) is 20.1 Å². The molecule has 2 rings (SSSR count). The van der Waals surface area contributed by atoms with Crippen molar-refractivity contribution in [3.8, 4) is 0 Å². The summed E-state index contributed by atoms with van der Waals surface area (Å²) in [6.45, 7) is 0.944. The maximum atomic E-state index is 9.24. The monoisotopic (exact) mass is 237 g/mol. The van der Waals surface area contributed by atoms with E-state index in [-0.39, 0.29) is 6.54 Å². The van der Waals surface area contributed by atoms with Crippen molar-refractivity contribution in [3.63, 3.8) is 0 Å². The van der Waals surface area contributed by atoms with E-state index in [9.17, 15) is 4.79 Å². The van der Waals surface area contributed by atoms with Gasteiger partial charge in [-0.3, -0.25) is 14.7 Å². The Morgan fingerprint density at radius 3 is 2.82 bits per heavy atom. The van der Waals surface area contributed by atoms with Gasteiger partial charge in [0.2, 0.25) is 0 Å². The molecule has 0 aliphatic carbocycles. The van der Waals surface area contributed by atoms with Crippen LogP contribution >= 0.6 is 0 Å². The molecular formula is C12H19N3O2. The van der Waals surface area contributed by atoms with Gasteiger partial charge in [0.25, 0.3) is 0 Å². The van der Waals surface area contributed by atoms with E-state index in [1.54, 1.807) is 0 Å². The first-order valence-electron chi connectivity index (χ1n) is 5.67. The maximum absolute atomic E-state index is 9.24. The van der Waals surface area contributed by atoms with Gasteiger partial charge in [-0.15, -0.1) is 0 Å². The molecule has 1 aliphatic heterocycles. The van der Waals surface area contributed by atoms with Crippen molar-refractivity contribution in [2.45, 2.75) is 18.9 Å². The molecule has 1 unspecified atom stereocenters. The van der Waals surface area contributed by atoms with Crippen LogP contribution in [0.2, 0.25) is 0 Å². The van der Waals surface area contributed by atoms with Crippen LogP contribution in [0, 0.1) is 0 Å². The minimum atomic E-state index is -0.968. The molecule has 1 aliphatic rings. The molecule has 2 heterocycles. The van der Waals surface area contributed by atoms with E-state index in [0.29, 0.717) is 6.04 Å². The molecule has 0 radical (unpaired) electrons. The van der Waals surface area contributed by atoms with Gasteiger partial charge in [0.1, 0.15) is 0 Å². The van der Waals surface area contributed by atoms with Gasteiger partial charge in [0.15, 0.2) is 0 Å². The van der Waals surface area contributed by atoms with Crippen LogP contribution < -0.4 is 5.73 Å². The Morgan fingerprint density at radius 2 is 2.41 bits per heavy atom. The van der Waals surface area contributed by atoms with Crippen molar-refractivity contribution >= 4 is 5.97 Å². The van der Waals surface area contributed by atoms with Crippen molar-refractivity contribution in [1.29, 1.82) is 0 Å². The Hall–Kier alpha value is -1.46. The molecule has 0 bridgehead atoms. The molecule has 1 aromatic heterocycles. The quantitative estimate of drug-likeness (QED) is 0.798. The highest BCUT2D eigenvalue weighted by atomic mass is 16.4. The lowest BCUT2D eigenvalue weighted by molar-refractivity contribution is -0.135. The van der Waals surface area contributed by atoms with Gasteiger partial charge in [-0.25, -0.2) is 0 Å². The number of likely N-dealkylation sites (tertiary alicyclic amines) is 1. The van der Waals surface area contributed by atoms with Gasteiger partial charge in [-0.2, -0.15) is 0 Å².